The molecule has 0 atom stereocenters. The maximum absolute atomic E-state index is 12.5. The minimum absolute atomic E-state index is 0.314. The van der Waals surface area contributed by atoms with Crippen LogP contribution in [0.1, 0.15) is 23.1 Å². The van der Waals surface area contributed by atoms with Gasteiger partial charge in [0.2, 0.25) is 0 Å². The first-order valence-electron chi connectivity index (χ1n) is 7.69. The summed E-state index contributed by atoms with van der Waals surface area (Å²) in [5, 5.41) is 0.652. The Morgan fingerprint density at radius 3 is 2.42 bits per heavy atom. The highest BCUT2D eigenvalue weighted by Gasteiger charge is 2.23. The van der Waals surface area contributed by atoms with E-state index >= 15 is 0 Å². The van der Waals surface area contributed by atoms with Crippen LogP contribution in [0.4, 0.5) is 0 Å². The van der Waals surface area contributed by atoms with E-state index in [0.29, 0.717) is 28.8 Å². The lowest BCUT2D eigenvalue weighted by Crippen LogP contribution is -2.13. The van der Waals surface area contributed by atoms with Crippen LogP contribution in [0, 0.1) is 6.92 Å². The average molecular weight is 341 g/mol. The van der Waals surface area contributed by atoms with Gasteiger partial charge in [-0.15, -0.1) is 0 Å². The van der Waals surface area contributed by atoms with Crippen molar-refractivity contribution in [3.8, 4) is 17.1 Å². The summed E-state index contributed by atoms with van der Waals surface area (Å²) in [6.07, 6.45) is 0. The van der Waals surface area contributed by atoms with Gasteiger partial charge < -0.3 is 4.74 Å². The normalized spacial score (nSPS) is 10.6. The highest BCUT2D eigenvalue weighted by molar-refractivity contribution is 6.30. The van der Waals surface area contributed by atoms with Crippen molar-refractivity contribution in [2.75, 3.05) is 6.61 Å². The van der Waals surface area contributed by atoms with Gasteiger partial charge in [0.1, 0.15) is 5.82 Å². The molecule has 0 aliphatic heterocycles. The van der Waals surface area contributed by atoms with Crippen LogP contribution in [0.3, 0.4) is 0 Å². The molecule has 0 radical (unpaired) electrons. The Balaban J connectivity index is 2.24. The van der Waals surface area contributed by atoms with Crippen molar-refractivity contribution in [1.29, 1.82) is 0 Å². The number of imidazole rings is 1. The van der Waals surface area contributed by atoms with Gasteiger partial charge >= 0.3 is 5.97 Å². The van der Waals surface area contributed by atoms with Gasteiger partial charge in [0, 0.05) is 16.3 Å². The highest BCUT2D eigenvalue weighted by atomic mass is 35.5. The van der Waals surface area contributed by atoms with E-state index in [0.717, 1.165) is 11.3 Å². The first-order chi connectivity index (χ1) is 11.6. The number of carbonyl (C=O) groups excluding carboxylic acids is 1. The Morgan fingerprint density at radius 2 is 1.79 bits per heavy atom. The number of halogens is 1. The number of esters is 1. The Hall–Kier alpha value is -2.59. The molecule has 3 aromatic rings. The van der Waals surface area contributed by atoms with Crippen LogP contribution >= 0.6 is 11.6 Å². The van der Waals surface area contributed by atoms with Crippen LogP contribution in [0.2, 0.25) is 5.02 Å². The van der Waals surface area contributed by atoms with Gasteiger partial charge in [0.15, 0.2) is 5.69 Å². The fourth-order valence-corrected chi connectivity index (χ4v) is 2.72. The minimum atomic E-state index is -0.383. The zero-order valence-electron chi connectivity index (χ0n) is 13.5. The third-order valence-electron chi connectivity index (χ3n) is 3.64. The van der Waals surface area contributed by atoms with E-state index in [2.05, 4.69) is 4.98 Å². The van der Waals surface area contributed by atoms with Crippen molar-refractivity contribution in [3.63, 3.8) is 0 Å². The Bertz CT molecular complexity index is 855. The first-order valence-corrected chi connectivity index (χ1v) is 8.07. The van der Waals surface area contributed by atoms with Gasteiger partial charge in [-0.25, -0.2) is 9.78 Å². The van der Waals surface area contributed by atoms with Crippen LogP contribution in [0.5, 0.6) is 0 Å². The quantitative estimate of drug-likeness (QED) is 0.648. The number of hydrogen-bond donors (Lipinski definition) is 0. The monoisotopic (exact) mass is 340 g/mol. The van der Waals surface area contributed by atoms with Gasteiger partial charge in [-0.05, 0) is 50.2 Å². The van der Waals surface area contributed by atoms with E-state index in [1.165, 1.54) is 0 Å². The molecule has 122 valence electrons. The number of nitrogens with zero attached hydrogens (tertiary/aromatic N) is 2. The molecule has 0 saturated heterocycles. The fraction of sp³-hybridized carbons (Fsp3) is 0.158. The number of ether oxygens (including phenoxy) is 1. The third kappa shape index (κ3) is 3.05. The van der Waals surface area contributed by atoms with E-state index in [4.69, 9.17) is 16.3 Å². The minimum Gasteiger partial charge on any atom is -0.461 e. The number of carbonyl (C=O) groups is 1. The predicted molar refractivity (Wildman–Crippen MR) is 94.7 cm³/mol. The molecule has 0 fully saturated rings. The molecule has 0 aliphatic rings. The molecule has 0 amide bonds. The summed E-state index contributed by atoms with van der Waals surface area (Å²) >= 11 is 5.98. The van der Waals surface area contributed by atoms with Gasteiger partial charge in [0.05, 0.1) is 12.3 Å². The Labute approximate surface area is 145 Å². The summed E-state index contributed by atoms with van der Waals surface area (Å²) in [6, 6.07) is 17.0. The molecular formula is C19H17ClN2O2. The maximum atomic E-state index is 12.5. The number of aromatic nitrogens is 2. The largest absolute Gasteiger partial charge is 0.461 e. The smallest absolute Gasteiger partial charge is 0.357 e. The molecule has 4 nitrogen and oxygen atoms in total. The van der Waals surface area contributed by atoms with Gasteiger partial charge in [-0.3, -0.25) is 4.57 Å². The topological polar surface area (TPSA) is 44.1 Å². The van der Waals surface area contributed by atoms with Crippen molar-refractivity contribution in [1.82, 2.24) is 9.55 Å². The lowest BCUT2D eigenvalue weighted by atomic mass is 10.2. The second kappa shape index (κ2) is 6.89. The molecular weight excluding hydrogens is 324 g/mol. The first kappa shape index (κ1) is 16.3. The van der Waals surface area contributed by atoms with Crippen molar-refractivity contribution in [2.45, 2.75) is 13.8 Å². The van der Waals surface area contributed by atoms with Gasteiger partial charge in [-0.2, -0.15) is 0 Å². The summed E-state index contributed by atoms with van der Waals surface area (Å²) in [7, 11) is 0. The number of benzene rings is 2. The van der Waals surface area contributed by atoms with Crippen molar-refractivity contribution < 1.29 is 9.53 Å². The number of aryl methyl sites for hydroxylation is 1. The van der Waals surface area contributed by atoms with Crippen molar-refractivity contribution in [3.05, 3.63) is 71.0 Å². The van der Waals surface area contributed by atoms with Crippen molar-refractivity contribution in [2.24, 2.45) is 0 Å². The summed E-state index contributed by atoms with van der Waals surface area (Å²) in [5.74, 6) is 0.296. The predicted octanol–water partition coefficient (Wildman–Crippen LogP) is 4.68. The summed E-state index contributed by atoms with van der Waals surface area (Å²) in [4.78, 5) is 17.1. The Morgan fingerprint density at radius 1 is 1.12 bits per heavy atom. The van der Waals surface area contributed by atoms with Gasteiger partial charge in [0.25, 0.3) is 0 Å². The number of rotatable bonds is 4. The van der Waals surface area contributed by atoms with E-state index in [9.17, 15) is 4.79 Å². The van der Waals surface area contributed by atoms with Crippen LogP contribution in [-0.4, -0.2) is 22.1 Å². The molecule has 0 spiro atoms. The molecule has 1 aromatic heterocycles. The SMILES string of the molecule is CCOC(=O)c1c(C)nc(-c2ccc(Cl)cc2)n1-c1ccccc1. The van der Waals surface area contributed by atoms with E-state index < -0.39 is 0 Å². The molecule has 0 bridgehead atoms. The van der Waals surface area contributed by atoms with Gasteiger partial charge in [-0.1, -0.05) is 29.8 Å². The Kier molecular flexibility index (Phi) is 4.67. The molecule has 1 heterocycles. The number of hydrogen-bond acceptors (Lipinski definition) is 3. The molecule has 0 unspecified atom stereocenters. The van der Waals surface area contributed by atoms with Crippen LogP contribution in [0.25, 0.3) is 17.1 Å². The lowest BCUT2D eigenvalue weighted by Gasteiger charge is -2.12. The maximum Gasteiger partial charge on any atom is 0.357 e. The molecule has 24 heavy (non-hydrogen) atoms. The molecule has 5 heteroatoms. The fourth-order valence-electron chi connectivity index (χ4n) is 2.59. The molecule has 2 aromatic carbocycles. The lowest BCUT2D eigenvalue weighted by molar-refractivity contribution is 0.0516. The van der Waals surface area contributed by atoms with Crippen LogP contribution < -0.4 is 0 Å². The van der Waals surface area contributed by atoms with Crippen LogP contribution in [0.15, 0.2) is 54.6 Å². The van der Waals surface area contributed by atoms with Crippen molar-refractivity contribution >= 4 is 17.6 Å². The second-order valence-corrected chi connectivity index (χ2v) is 5.70. The highest BCUT2D eigenvalue weighted by Crippen LogP contribution is 2.28. The summed E-state index contributed by atoms with van der Waals surface area (Å²) in [5.41, 5.74) is 2.79. The molecule has 3 rings (SSSR count). The molecule has 0 saturated carbocycles. The molecule has 0 N–H and O–H groups in total. The second-order valence-electron chi connectivity index (χ2n) is 5.27. The van der Waals surface area contributed by atoms with E-state index in [-0.39, 0.29) is 5.97 Å². The van der Waals surface area contributed by atoms with E-state index in [1.54, 1.807) is 19.1 Å². The molecule has 0 aliphatic carbocycles. The zero-order chi connectivity index (χ0) is 17.1. The summed E-state index contributed by atoms with van der Waals surface area (Å²) < 4.78 is 7.05. The third-order valence-corrected chi connectivity index (χ3v) is 3.89. The standard InChI is InChI=1S/C19H17ClN2O2/c1-3-24-19(23)17-13(2)21-18(14-9-11-15(20)12-10-14)22(17)16-7-5-4-6-8-16/h4-12H,3H2,1-2H3. The zero-order valence-corrected chi connectivity index (χ0v) is 14.2. The number of para-hydroxylation sites is 1. The van der Waals surface area contributed by atoms with Crippen LogP contribution in [-0.2, 0) is 4.74 Å². The average Bonchev–Trinajstić information content (AvgIpc) is 2.94. The summed E-state index contributed by atoms with van der Waals surface area (Å²) in [6.45, 7) is 3.91. The van der Waals surface area contributed by atoms with E-state index in [1.807, 2.05) is 54.0 Å².